The topological polar surface area (TPSA) is 65.5 Å². The second-order valence-corrected chi connectivity index (χ2v) is 8.65. The van der Waals surface area contributed by atoms with E-state index in [1.54, 1.807) is 0 Å². The van der Waals surface area contributed by atoms with E-state index in [1.165, 1.54) is 0 Å². The molecule has 28 heavy (non-hydrogen) atoms. The lowest BCUT2D eigenvalue weighted by atomic mass is 9.93. The van der Waals surface area contributed by atoms with Crippen LogP contribution in [0, 0.1) is 18.8 Å². The van der Waals surface area contributed by atoms with Gasteiger partial charge in [-0.3, -0.25) is 19.5 Å². The second-order valence-electron chi connectivity index (χ2n) is 8.65. The molecule has 6 nitrogen and oxygen atoms in total. The third kappa shape index (κ3) is 4.72. The van der Waals surface area contributed by atoms with Crippen LogP contribution >= 0.6 is 0 Å². The van der Waals surface area contributed by atoms with Crippen LogP contribution in [0.1, 0.15) is 49.9 Å². The number of hydrogen-bond acceptors (Lipinski definition) is 4. The first-order valence-electron chi connectivity index (χ1n) is 10.8. The molecule has 6 heteroatoms. The molecule has 0 aromatic carbocycles. The molecule has 3 aliphatic rings. The summed E-state index contributed by atoms with van der Waals surface area (Å²) < 4.78 is 0. The lowest BCUT2D eigenvalue weighted by Crippen LogP contribution is -2.51. The van der Waals surface area contributed by atoms with Crippen molar-refractivity contribution in [3.8, 4) is 0 Å². The first-order chi connectivity index (χ1) is 13.6. The lowest BCUT2D eigenvalue weighted by Gasteiger charge is -2.42. The highest BCUT2D eigenvalue weighted by Crippen LogP contribution is 2.32. The zero-order chi connectivity index (χ0) is 19.5. The maximum atomic E-state index is 12.7. The highest BCUT2D eigenvalue weighted by Gasteiger charge is 2.37. The smallest absolute Gasteiger partial charge is 0.225 e. The molecule has 1 aliphatic carbocycles. The monoisotopic (exact) mass is 384 g/mol. The number of aromatic nitrogens is 1. The van der Waals surface area contributed by atoms with Crippen LogP contribution in [0.4, 0.5) is 0 Å². The number of rotatable bonds is 5. The molecule has 1 atom stereocenters. The Bertz CT molecular complexity index is 710. The Morgan fingerprint density at radius 3 is 2.57 bits per heavy atom. The van der Waals surface area contributed by atoms with Crippen molar-refractivity contribution in [1.29, 1.82) is 0 Å². The summed E-state index contributed by atoms with van der Waals surface area (Å²) in [5.74, 6) is 0.903. The van der Waals surface area contributed by atoms with Crippen LogP contribution in [-0.2, 0) is 16.1 Å². The van der Waals surface area contributed by atoms with E-state index in [4.69, 9.17) is 0 Å². The van der Waals surface area contributed by atoms with Crippen molar-refractivity contribution in [1.82, 2.24) is 20.1 Å². The number of nitrogens with one attached hydrogen (secondary N) is 1. The van der Waals surface area contributed by atoms with E-state index in [2.05, 4.69) is 20.1 Å². The van der Waals surface area contributed by atoms with E-state index in [-0.39, 0.29) is 11.8 Å². The number of nitrogens with zero attached hydrogens (tertiary/aromatic N) is 3. The third-order valence-electron chi connectivity index (χ3n) is 6.43. The molecule has 0 bridgehead atoms. The maximum Gasteiger partial charge on any atom is 0.225 e. The van der Waals surface area contributed by atoms with Crippen molar-refractivity contribution < 1.29 is 9.59 Å². The van der Waals surface area contributed by atoms with Crippen LogP contribution in [-0.4, -0.2) is 58.8 Å². The SMILES string of the molecule is Cc1cccc(CNC(=O)[C@@H]2CCCN(C3CCN(C(=O)C4CC4)CC3)C2)n1. The van der Waals surface area contributed by atoms with Gasteiger partial charge in [-0.1, -0.05) is 6.07 Å². The summed E-state index contributed by atoms with van der Waals surface area (Å²) in [5.41, 5.74) is 1.89. The first kappa shape index (κ1) is 19.4. The van der Waals surface area contributed by atoms with Gasteiger partial charge in [0, 0.05) is 37.3 Å². The predicted molar refractivity (Wildman–Crippen MR) is 107 cm³/mol. The van der Waals surface area contributed by atoms with Crippen LogP contribution in [0.15, 0.2) is 18.2 Å². The van der Waals surface area contributed by atoms with Crippen molar-refractivity contribution >= 4 is 11.8 Å². The molecular weight excluding hydrogens is 352 g/mol. The fourth-order valence-corrected chi connectivity index (χ4v) is 4.61. The standard InChI is InChI=1S/C22H32N4O2/c1-16-4-2-6-19(24-16)14-23-21(27)18-5-3-11-26(15-18)20-9-12-25(13-10-20)22(28)17-7-8-17/h2,4,6,17-18,20H,3,5,7-15H2,1H3,(H,23,27)/t18-/m1/s1. The Kier molecular flexibility index (Phi) is 5.95. The largest absolute Gasteiger partial charge is 0.350 e. The van der Waals surface area contributed by atoms with Crippen LogP contribution in [0.5, 0.6) is 0 Å². The molecule has 0 unspecified atom stereocenters. The fourth-order valence-electron chi connectivity index (χ4n) is 4.61. The van der Waals surface area contributed by atoms with Gasteiger partial charge in [0.05, 0.1) is 18.2 Å². The summed E-state index contributed by atoms with van der Waals surface area (Å²) in [4.78, 5) is 34.0. The minimum atomic E-state index is 0.0599. The van der Waals surface area contributed by atoms with Crippen molar-refractivity contribution in [2.75, 3.05) is 26.2 Å². The molecule has 1 aromatic heterocycles. The molecule has 0 spiro atoms. The van der Waals surface area contributed by atoms with Gasteiger partial charge >= 0.3 is 0 Å². The molecule has 2 saturated heterocycles. The number of aryl methyl sites for hydroxylation is 1. The molecular formula is C22H32N4O2. The number of piperidine rings is 2. The summed E-state index contributed by atoms with van der Waals surface area (Å²) >= 11 is 0. The maximum absolute atomic E-state index is 12.7. The van der Waals surface area contributed by atoms with Crippen molar-refractivity contribution in [2.24, 2.45) is 11.8 Å². The van der Waals surface area contributed by atoms with Crippen LogP contribution < -0.4 is 5.32 Å². The molecule has 3 fully saturated rings. The number of pyridine rings is 1. The first-order valence-corrected chi connectivity index (χ1v) is 10.8. The van der Waals surface area contributed by atoms with Crippen molar-refractivity contribution in [3.05, 3.63) is 29.6 Å². The van der Waals surface area contributed by atoms with Gasteiger partial charge in [-0.2, -0.15) is 0 Å². The molecule has 152 valence electrons. The Hall–Kier alpha value is -1.95. The molecule has 2 amide bonds. The van der Waals surface area contributed by atoms with E-state index in [0.717, 1.165) is 76.1 Å². The van der Waals surface area contributed by atoms with E-state index in [0.29, 0.717) is 24.4 Å². The molecule has 0 radical (unpaired) electrons. The quantitative estimate of drug-likeness (QED) is 0.845. The lowest BCUT2D eigenvalue weighted by molar-refractivity contribution is -0.134. The van der Waals surface area contributed by atoms with Gasteiger partial charge in [0.25, 0.3) is 0 Å². The minimum Gasteiger partial charge on any atom is -0.350 e. The Labute approximate surface area is 167 Å². The van der Waals surface area contributed by atoms with Gasteiger partial charge in [0.2, 0.25) is 11.8 Å². The van der Waals surface area contributed by atoms with Crippen LogP contribution in [0.2, 0.25) is 0 Å². The van der Waals surface area contributed by atoms with Gasteiger partial charge in [-0.15, -0.1) is 0 Å². The van der Waals surface area contributed by atoms with Gasteiger partial charge in [0.1, 0.15) is 0 Å². The zero-order valence-electron chi connectivity index (χ0n) is 16.9. The number of carbonyl (C=O) groups is 2. The molecule has 1 saturated carbocycles. The summed E-state index contributed by atoms with van der Waals surface area (Å²) in [5, 5.41) is 3.08. The average molecular weight is 385 g/mol. The number of amides is 2. The van der Waals surface area contributed by atoms with Crippen LogP contribution in [0.25, 0.3) is 0 Å². The second kappa shape index (κ2) is 8.60. The molecule has 1 N–H and O–H groups in total. The molecule has 4 rings (SSSR count). The van der Waals surface area contributed by atoms with E-state index < -0.39 is 0 Å². The molecule has 1 aromatic rings. The highest BCUT2D eigenvalue weighted by molar-refractivity contribution is 5.81. The average Bonchev–Trinajstić information content (AvgIpc) is 3.57. The number of likely N-dealkylation sites (tertiary alicyclic amines) is 2. The fraction of sp³-hybridized carbons (Fsp3) is 0.682. The Balaban J connectivity index is 1.24. The van der Waals surface area contributed by atoms with Gasteiger partial charge in [-0.25, -0.2) is 0 Å². The summed E-state index contributed by atoms with van der Waals surface area (Å²) in [6.07, 6.45) is 6.28. The highest BCUT2D eigenvalue weighted by atomic mass is 16.2. The van der Waals surface area contributed by atoms with E-state index in [1.807, 2.05) is 25.1 Å². The van der Waals surface area contributed by atoms with Gasteiger partial charge in [-0.05, 0) is 64.1 Å². The zero-order valence-corrected chi connectivity index (χ0v) is 16.9. The van der Waals surface area contributed by atoms with Gasteiger partial charge < -0.3 is 10.2 Å². The third-order valence-corrected chi connectivity index (χ3v) is 6.43. The number of hydrogen-bond donors (Lipinski definition) is 1. The summed E-state index contributed by atoms with van der Waals surface area (Å²) in [7, 11) is 0. The van der Waals surface area contributed by atoms with E-state index >= 15 is 0 Å². The van der Waals surface area contributed by atoms with Crippen LogP contribution in [0.3, 0.4) is 0 Å². The minimum absolute atomic E-state index is 0.0599. The normalized spacial score (nSPS) is 24.2. The van der Waals surface area contributed by atoms with E-state index in [9.17, 15) is 9.59 Å². The number of carbonyl (C=O) groups excluding carboxylic acids is 2. The predicted octanol–water partition coefficient (Wildman–Crippen LogP) is 2.12. The summed E-state index contributed by atoms with van der Waals surface area (Å²) in [6, 6.07) is 6.41. The Morgan fingerprint density at radius 1 is 1.07 bits per heavy atom. The van der Waals surface area contributed by atoms with Gasteiger partial charge in [0.15, 0.2) is 0 Å². The molecule has 2 aliphatic heterocycles. The molecule has 3 heterocycles. The van der Waals surface area contributed by atoms with Crippen molar-refractivity contribution in [3.63, 3.8) is 0 Å². The van der Waals surface area contributed by atoms with Crippen molar-refractivity contribution in [2.45, 2.75) is 58.0 Å². The summed E-state index contributed by atoms with van der Waals surface area (Å²) in [6.45, 7) is 6.14. The Morgan fingerprint density at radius 2 is 1.86 bits per heavy atom.